The number of nitrogens with zero attached hydrogens (tertiary/aromatic N) is 1. The van der Waals surface area contributed by atoms with Crippen molar-refractivity contribution in [3.05, 3.63) is 52.8 Å². The summed E-state index contributed by atoms with van der Waals surface area (Å²) in [6, 6.07) is 7.44. The molecule has 2 aromatic rings. The molecule has 0 saturated heterocycles. The standard InChI is InChI=1S/C21H24ClFN2O5S/c1-4-18(25(31(3,27)28)15-6-7-17(23)16(22)12-15)21(26)24-13(2)14-5-8-19-20(11-14)30-10-9-29-19/h5-8,11-13,18H,4,9-10H2,1-3H3,(H,24,26)/t13-,18-/m0/s1. The zero-order valence-electron chi connectivity index (χ0n) is 17.4. The van der Waals surface area contributed by atoms with Crippen molar-refractivity contribution in [1.29, 1.82) is 0 Å². The lowest BCUT2D eigenvalue weighted by Gasteiger charge is -2.31. The monoisotopic (exact) mass is 470 g/mol. The molecule has 31 heavy (non-hydrogen) atoms. The second-order valence-corrected chi connectivity index (χ2v) is 9.48. The second kappa shape index (κ2) is 9.32. The van der Waals surface area contributed by atoms with Crippen molar-refractivity contribution in [2.24, 2.45) is 0 Å². The number of sulfonamides is 1. The first-order valence-corrected chi connectivity index (χ1v) is 12.0. The lowest BCUT2D eigenvalue weighted by Crippen LogP contribution is -2.49. The van der Waals surface area contributed by atoms with Crippen molar-refractivity contribution in [3.8, 4) is 11.5 Å². The van der Waals surface area contributed by atoms with Crippen LogP contribution in [0.2, 0.25) is 5.02 Å². The van der Waals surface area contributed by atoms with E-state index in [1.165, 1.54) is 12.1 Å². The van der Waals surface area contributed by atoms with E-state index in [0.717, 1.165) is 22.2 Å². The molecule has 2 atom stereocenters. The molecule has 0 bridgehead atoms. The number of hydrogen-bond donors (Lipinski definition) is 1. The molecule has 0 aliphatic carbocycles. The molecule has 0 saturated carbocycles. The number of halogens is 2. The fourth-order valence-electron chi connectivity index (χ4n) is 3.40. The molecule has 0 fully saturated rings. The highest BCUT2D eigenvalue weighted by molar-refractivity contribution is 7.92. The Morgan fingerprint density at radius 1 is 1.19 bits per heavy atom. The number of carbonyl (C=O) groups is 1. The number of carbonyl (C=O) groups excluding carboxylic acids is 1. The summed E-state index contributed by atoms with van der Waals surface area (Å²) in [4.78, 5) is 13.1. The van der Waals surface area contributed by atoms with E-state index in [2.05, 4.69) is 5.32 Å². The maximum absolute atomic E-state index is 13.6. The molecule has 0 spiro atoms. The van der Waals surface area contributed by atoms with Crippen LogP contribution in [-0.4, -0.2) is 39.8 Å². The highest BCUT2D eigenvalue weighted by Gasteiger charge is 2.32. The topological polar surface area (TPSA) is 84.9 Å². The predicted molar refractivity (Wildman–Crippen MR) is 117 cm³/mol. The Labute approximate surface area is 186 Å². The van der Waals surface area contributed by atoms with Gasteiger partial charge in [-0.25, -0.2) is 12.8 Å². The van der Waals surface area contributed by atoms with E-state index < -0.39 is 33.8 Å². The SMILES string of the molecule is CC[C@@H](C(=O)N[C@@H](C)c1ccc2c(c1)OCCO2)N(c1ccc(F)c(Cl)c1)S(C)(=O)=O. The molecule has 1 amide bonds. The number of nitrogens with one attached hydrogen (secondary N) is 1. The summed E-state index contributed by atoms with van der Waals surface area (Å²) in [6.45, 7) is 4.40. The number of rotatable bonds is 7. The maximum atomic E-state index is 13.6. The first kappa shape index (κ1) is 23.1. The molecule has 1 heterocycles. The summed E-state index contributed by atoms with van der Waals surface area (Å²) in [5.74, 6) is 0.0615. The molecule has 1 aliphatic heterocycles. The maximum Gasteiger partial charge on any atom is 0.244 e. The van der Waals surface area contributed by atoms with Gasteiger partial charge in [-0.2, -0.15) is 0 Å². The average molecular weight is 471 g/mol. The van der Waals surface area contributed by atoms with Crippen LogP contribution in [0.4, 0.5) is 10.1 Å². The highest BCUT2D eigenvalue weighted by Crippen LogP contribution is 2.33. The summed E-state index contributed by atoms with van der Waals surface area (Å²) in [5, 5.41) is 2.62. The molecule has 10 heteroatoms. The van der Waals surface area contributed by atoms with Crippen molar-refractivity contribution in [1.82, 2.24) is 5.32 Å². The van der Waals surface area contributed by atoms with E-state index >= 15 is 0 Å². The summed E-state index contributed by atoms with van der Waals surface area (Å²) in [5.41, 5.74) is 0.895. The zero-order chi connectivity index (χ0) is 22.8. The van der Waals surface area contributed by atoms with Crippen LogP contribution in [0.15, 0.2) is 36.4 Å². The number of anilines is 1. The Bertz CT molecular complexity index is 1080. The van der Waals surface area contributed by atoms with Crippen molar-refractivity contribution in [3.63, 3.8) is 0 Å². The minimum atomic E-state index is -3.86. The molecule has 2 aromatic carbocycles. The summed E-state index contributed by atoms with van der Waals surface area (Å²) in [6.07, 6.45) is 1.19. The van der Waals surface area contributed by atoms with Crippen LogP contribution >= 0.6 is 11.6 Å². The second-order valence-electron chi connectivity index (χ2n) is 7.21. The molecule has 1 aliphatic rings. The number of hydrogen-bond acceptors (Lipinski definition) is 5. The molecular weight excluding hydrogens is 447 g/mol. The van der Waals surface area contributed by atoms with E-state index in [1.807, 2.05) is 6.07 Å². The van der Waals surface area contributed by atoms with Gasteiger partial charge in [0, 0.05) is 0 Å². The van der Waals surface area contributed by atoms with Gasteiger partial charge in [-0.15, -0.1) is 0 Å². The van der Waals surface area contributed by atoms with Crippen LogP contribution in [0.5, 0.6) is 11.5 Å². The van der Waals surface area contributed by atoms with Gasteiger partial charge >= 0.3 is 0 Å². The minimum Gasteiger partial charge on any atom is -0.486 e. The highest BCUT2D eigenvalue weighted by atomic mass is 35.5. The predicted octanol–water partition coefficient (Wildman–Crippen LogP) is 3.67. The van der Waals surface area contributed by atoms with Crippen LogP contribution in [0.25, 0.3) is 0 Å². The third kappa shape index (κ3) is 5.22. The van der Waals surface area contributed by atoms with E-state index in [1.54, 1.807) is 26.0 Å². The van der Waals surface area contributed by atoms with Crippen molar-refractivity contribution in [2.75, 3.05) is 23.8 Å². The molecular formula is C21H24ClFN2O5S. The minimum absolute atomic E-state index is 0.114. The Morgan fingerprint density at radius 2 is 1.87 bits per heavy atom. The first-order valence-electron chi connectivity index (χ1n) is 9.76. The van der Waals surface area contributed by atoms with Gasteiger partial charge in [0.2, 0.25) is 15.9 Å². The normalized spacial score (nSPS) is 15.1. The molecule has 1 N–H and O–H groups in total. The van der Waals surface area contributed by atoms with Crippen LogP contribution in [0, 0.1) is 5.82 Å². The summed E-state index contributed by atoms with van der Waals surface area (Å²) >= 11 is 5.84. The summed E-state index contributed by atoms with van der Waals surface area (Å²) in [7, 11) is -3.86. The van der Waals surface area contributed by atoms with Crippen LogP contribution < -0.4 is 19.1 Å². The van der Waals surface area contributed by atoms with Gasteiger partial charge in [-0.1, -0.05) is 24.6 Å². The van der Waals surface area contributed by atoms with Crippen LogP contribution in [0.1, 0.15) is 31.9 Å². The smallest absolute Gasteiger partial charge is 0.244 e. The average Bonchev–Trinajstić information content (AvgIpc) is 2.72. The molecule has 168 valence electrons. The van der Waals surface area contributed by atoms with Crippen molar-refractivity contribution in [2.45, 2.75) is 32.4 Å². The van der Waals surface area contributed by atoms with Gasteiger partial charge in [-0.05, 0) is 49.2 Å². The van der Waals surface area contributed by atoms with E-state index in [0.29, 0.717) is 24.7 Å². The van der Waals surface area contributed by atoms with Gasteiger partial charge < -0.3 is 14.8 Å². The van der Waals surface area contributed by atoms with Crippen LogP contribution in [-0.2, 0) is 14.8 Å². The van der Waals surface area contributed by atoms with Gasteiger partial charge in [-0.3, -0.25) is 9.10 Å². The van der Waals surface area contributed by atoms with E-state index in [-0.39, 0.29) is 17.1 Å². The molecule has 0 radical (unpaired) electrons. The number of benzene rings is 2. The lowest BCUT2D eigenvalue weighted by atomic mass is 10.1. The largest absolute Gasteiger partial charge is 0.486 e. The first-order chi connectivity index (χ1) is 14.6. The van der Waals surface area contributed by atoms with Gasteiger partial charge in [0.15, 0.2) is 11.5 Å². The quantitative estimate of drug-likeness (QED) is 0.667. The lowest BCUT2D eigenvalue weighted by molar-refractivity contribution is -0.122. The number of amides is 1. The third-order valence-corrected chi connectivity index (χ3v) is 6.38. The Hall–Kier alpha value is -2.52. The Kier molecular flexibility index (Phi) is 6.96. The summed E-state index contributed by atoms with van der Waals surface area (Å²) < 4.78 is 50.7. The number of fused-ring (bicyclic) bond motifs is 1. The molecule has 0 aromatic heterocycles. The van der Waals surface area contributed by atoms with Gasteiger partial charge in [0.1, 0.15) is 25.1 Å². The van der Waals surface area contributed by atoms with E-state index in [4.69, 9.17) is 21.1 Å². The fraction of sp³-hybridized carbons (Fsp3) is 0.381. The number of ether oxygens (including phenoxy) is 2. The Balaban J connectivity index is 1.85. The molecule has 7 nitrogen and oxygen atoms in total. The molecule has 3 rings (SSSR count). The Morgan fingerprint density at radius 3 is 2.48 bits per heavy atom. The zero-order valence-corrected chi connectivity index (χ0v) is 19.0. The van der Waals surface area contributed by atoms with Crippen molar-refractivity contribution >= 4 is 33.2 Å². The van der Waals surface area contributed by atoms with Crippen LogP contribution in [0.3, 0.4) is 0 Å². The fourth-order valence-corrected chi connectivity index (χ4v) is 4.78. The van der Waals surface area contributed by atoms with Crippen molar-refractivity contribution < 1.29 is 27.1 Å². The van der Waals surface area contributed by atoms with Gasteiger partial charge in [0.05, 0.1) is 23.0 Å². The van der Waals surface area contributed by atoms with E-state index in [9.17, 15) is 17.6 Å². The third-order valence-electron chi connectivity index (χ3n) is 4.91. The van der Waals surface area contributed by atoms with Gasteiger partial charge in [0.25, 0.3) is 0 Å². The molecule has 0 unspecified atom stereocenters.